The normalized spacial score (nSPS) is 22.7. The van der Waals surface area contributed by atoms with Gasteiger partial charge in [-0.3, -0.25) is 4.79 Å². The van der Waals surface area contributed by atoms with Gasteiger partial charge >= 0.3 is 6.09 Å². The van der Waals surface area contributed by atoms with Crippen LogP contribution < -0.4 is 4.74 Å². The SMILES string of the molecule is COc1cc(F)c(F)cc1C(=O)C1CC2CCCC(C1)N2C(=O)OCc1ccccc1. The standard InChI is InChI=1S/C24H25F2NO4/c1-30-22-13-21(26)20(25)12-19(22)23(28)16-10-17-8-5-9-18(11-16)27(17)24(29)31-14-15-6-3-2-4-7-15/h2-4,6-7,12-13,16-18H,5,8-11,14H2,1H3. The molecule has 2 unspecified atom stereocenters. The Balaban J connectivity index is 1.47. The molecule has 2 atom stereocenters. The minimum Gasteiger partial charge on any atom is -0.496 e. The molecule has 164 valence electrons. The number of amides is 1. The average Bonchev–Trinajstić information content (AvgIpc) is 2.78. The van der Waals surface area contributed by atoms with Gasteiger partial charge in [-0.05, 0) is 43.7 Å². The highest BCUT2D eigenvalue weighted by Crippen LogP contribution is 2.40. The minimum absolute atomic E-state index is 0.0266. The molecule has 5 nitrogen and oxygen atoms in total. The maximum Gasteiger partial charge on any atom is 0.410 e. The number of methoxy groups -OCH3 is 1. The lowest BCUT2D eigenvalue weighted by molar-refractivity contribution is 0.00466. The molecule has 2 aromatic rings. The van der Waals surface area contributed by atoms with Crippen molar-refractivity contribution in [3.63, 3.8) is 0 Å². The highest BCUT2D eigenvalue weighted by atomic mass is 19.2. The van der Waals surface area contributed by atoms with Crippen LogP contribution in [0.1, 0.15) is 48.0 Å². The van der Waals surface area contributed by atoms with Crippen molar-refractivity contribution >= 4 is 11.9 Å². The highest BCUT2D eigenvalue weighted by Gasteiger charge is 2.44. The van der Waals surface area contributed by atoms with E-state index >= 15 is 0 Å². The molecule has 7 heteroatoms. The van der Waals surface area contributed by atoms with Crippen molar-refractivity contribution in [2.75, 3.05) is 7.11 Å². The van der Waals surface area contributed by atoms with Gasteiger partial charge in [0.1, 0.15) is 12.4 Å². The fraction of sp³-hybridized carbons (Fsp3) is 0.417. The molecule has 0 N–H and O–H groups in total. The van der Waals surface area contributed by atoms with E-state index in [0.29, 0.717) is 12.8 Å². The molecule has 31 heavy (non-hydrogen) atoms. The predicted octanol–water partition coefficient (Wildman–Crippen LogP) is 5.13. The van der Waals surface area contributed by atoms with Crippen LogP contribution in [0, 0.1) is 17.6 Å². The molecule has 2 bridgehead atoms. The van der Waals surface area contributed by atoms with Crippen molar-refractivity contribution in [3.05, 3.63) is 65.2 Å². The number of fused-ring (bicyclic) bond motifs is 2. The Bertz CT molecular complexity index is 952. The number of benzene rings is 2. The number of hydrogen-bond acceptors (Lipinski definition) is 4. The summed E-state index contributed by atoms with van der Waals surface area (Å²) < 4.78 is 38.0. The summed E-state index contributed by atoms with van der Waals surface area (Å²) in [6, 6.07) is 11.1. The minimum atomic E-state index is -1.08. The van der Waals surface area contributed by atoms with Gasteiger partial charge < -0.3 is 14.4 Å². The summed E-state index contributed by atoms with van der Waals surface area (Å²) in [5.74, 6) is -2.76. The van der Waals surface area contributed by atoms with Crippen molar-refractivity contribution in [1.29, 1.82) is 0 Å². The van der Waals surface area contributed by atoms with Crippen LogP contribution in [0.2, 0.25) is 0 Å². The summed E-state index contributed by atoms with van der Waals surface area (Å²) in [6.07, 6.45) is 3.13. The Hall–Kier alpha value is -2.96. The van der Waals surface area contributed by atoms with Crippen LogP contribution in [0.25, 0.3) is 0 Å². The largest absolute Gasteiger partial charge is 0.496 e. The first-order valence-corrected chi connectivity index (χ1v) is 10.5. The number of rotatable bonds is 5. The molecule has 2 aliphatic rings. The number of piperidine rings is 2. The molecule has 2 aliphatic heterocycles. The lowest BCUT2D eigenvalue weighted by Crippen LogP contribution is -2.55. The van der Waals surface area contributed by atoms with E-state index in [4.69, 9.17) is 9.47 Å². The zero-order valence-corrected chi connectivity index (χ0v) is 17.4. The van der Waals surface area contributed by atoms with Crippen LogP contribution >= 0.6 is 0 Å². The number of nitrogens with zero attached hydrogens (tertiary/aromatic N) is 1. The number of ether oxygens (including phenoxy) is 2. The van der Waals surface area contributed by atoms with Gasteiger partial charge in [-0.1, -0.05) is 30.3 Å². The molecule has 0 aromatic heterocycles. The molecule has 0 radical (unpaired) electrons. The molecule has 2 fully saturated rings. The van der Waals surface area contributed by atoms with Crippen LogP contribution in [-0.2, 0) is 11.3 Å². The highest BCUT2D eigenvalue weighted by molar-refractivity contribution is 6.00. The monoisotopic (exact) mass is 429 g/mol. The van der Waals surface area contributed by atoms with Gasteiger partial charge in [0, 0.05) is 24.1 Å². The predicted molar refractivity (Wildman–Crippen MR) is 110 cm³/mol. The van der Waals surface area contributed by atoms with Crippen LogP contribution in [-0.4, -0.2) is 36.0 Å². The van der Waals surface area contributed by atoms with E-state index in [2.05, 4.69) is 0 Å². The van der Waals surface area contributed by atoms with Gasteiger partial charge in [0.2, 0.25) is 0 Å². The van der Waals surface area contributed by atoms with Gasteiger partial charge in [-0.15, -0.1) is 0 Å². The van der Waals surface area contributed by atoms with Crippen LogP contribution in [0.4, 0.5) is 13.6 Å². The molecule has 0 spiro atoms. The average molecular weight is 429 g/mol. The number of halogens is 2. The van der Waals surface area contributed by atoms with E-state index < -0.39 is 11.6 Å². The van der Waals surface area contributed by atoms with Crippen molar-refractivity contribution in [2.24, 2.45) is 5.92 Å². The Labute approximate surface area is 179 Å². The van der Waals surface area contributed by atoms with Crippen LogP contribution in [0.15, 0.2) is 42.5 Å². The first kappa shape index (κ1) is 21.3. The molecule has 2 aromatic carbocycles. The van der Waals surface area contributed by atoms with E-state index in [-0.39, 0.29) is 47.8 Å². The third kappa shape index (κ3) is 4.40. The van der Waals surface area contributed by atoms with Crippen molar-refractivity contribution < 1.29 is 27.8 Å². The van der Waals surface area contributed by atoms with E-state index in [1.807, 2.05) is 30.3 Å². The van der Waals surface area contributed by atoms with Gasteiger partial charge in [0.05, 0.1) is 12.7 Å². The molecule has 0 saturated carbocycles. The summed E-state index contributed by atoms with van der Waals surface area (Å²) in [4.78, 5) is 27.8. The smallest absolute Gasteiger partial charge is 0.410 e. The Morgan fingerprint density at radius 1 is 1.03 bits per heavy atom. The summed E-state index contributed by atoms with van der Waals surface area (Å²) >= 11 is 0. The van der Waals surface area contributed by atoms with Crippen LogP contribution in [0.3, 0.4) is 0 Å². The fourth-order valence-electron chi connectivity index (χ4n) is 4.80. The molecule has 0 aliphatic carbocycles. The molecule has 1 amide bonds. The number of carbonyl (C=O) groups is 2. The topological polar surface area (TPSA) is 55.8 Å². The van der Waals surface area contributed by atoms with E-state index in [0.717, 1.165) is 37.0 Å². The first-order chi connectivity index (χ1) is 15.0. The summed E-state index contributed by atoms with van der Waals surface area (Å²) in [5, 5.41) is 0. The molecule has 2 saturated heterocycles. The summed E-state index contributed by atoms with van der Waals surface area (Å²) in [7, 11) is 1.32. The fourth-order valence-corrected chi connectivity index (χ4v) is 4.80. The Morgan fingerprint density at radius 2 is 1.68 bits per heavy atom. The zero-order valence-electron chi connectivity index (χ0n) is 17.4. The number of ketones is 1. The molecular formula is C24H25F2NO4. The van der Waals surface area contributed by atoms with Crippen LogP contribution in [0.5, 0.6) is 5.75 Å². The van der Waals surface area contributed by atoms with E-state index in [1.165, 1.54) is 7.11 Å². The van der Waals surface area contributed by atoms with Crippen molar-refractivity contribution in [3.8, 4) is 5.75 Å². The maximum atomic E-state index is 13.8. The maximum absolute atomic E-state index is 13.8. The van der Waals surface area contributed by atoms with Crippen molar-refractivity contribution in [2.45, 2.75) is 50.8 Å². The Kier molecular flexibility index (Phi) is 6.20. The Morgan fingerprint density at radius 3 is 2.32 bits per heavy atom. The first-order valence-electron chi connectivity index (χ1n) is 10.5. The second kappa shape index (κ2) is 9.04. The van der Waals surface area contributed by atoms with Gasteiger partial charge in [-0.2, -0.15) is 0 Å². The third-order valence-corrected chi connectivity index (χ3v) is 6.27. The van der Waals surface area contributed by atoms with Gasteiger partial charge in [0.15, 0.2) is 17.4 Å². The van der Waals surface area contributed by atoms with E-state index in [1.54, 1.807) is 4.90 Å². The number of hydrogen-bond donors (Lipinski definition) is 0. The van der Waals surface area contributed by atoms with Crippen molar-refractivity contribution in [1.82, 2.24) is 4.90 Å². The summed E-state index contributed by atoms with van der Waals surface area (Å²) in [6.45, 7) is 0.198. The van der Waals surface area contributed by atoms with Gasteiger partial charge in [-0.25, -0.2) is 13.6 Å². The molecular weight excluding hydrogens is 404 g/mol. The second-order valence-electron chi connectivity index (χ2n) is 8.19. The number of carbonyl (C=O) groups excluding carboxylic acids is 2. The molecule has 2 heterocycles. The molecule has 4 rings (SSSR count). The second-order valence-corrected chi connectivity index (χ2v) is 8.19. The number of Topliss-reactive ketones (excluding diaryl/α,β-unsaturated/α-hetero) is 1. The van der Waals surface area contributed by atoms with Gasteiger partial charge in [0.25, 0.3) is 0 Å². The lowest BCUT2D eigenvalue weighted by atomic mass is 9.75. The summed E-state index contributed by atoms with van der Waals surface area (Å²) in [5.41, 5.74) is 0.959. The quantitative estimate of drug-likeness (QED) is 0.619. The lowest BCUT2D eigenvalue weighted by Gasteiger charge is -2.47. The third-order valence-electron chi connectivity index (χ3n) is 6.27. The zero-order chi connectivity index (χ0) is 22.0. The van der Waals surface area contributed by atoms with E-state index in [9.17, 15) is 18.4 Å².